The van der Waals surface area contributed by atoms with E-state index in [4.69, 9.17) is 0 Å². The van der Waals surface area contributed by atoms with Crippen LogP contribution in [-0.2, 0) is 9.59 Å². The van der Waals surface area contributed by atoms with Crippen molar-refractivity contribution in [1.29, 1.82) is 0 Å². The number of ketones is 1. The molecule has 1 amide bonds. The number of aliphatic hydroxyl groups excluding tert-OH is 1. The molecule has 1 heterocycles. The number of Topliss-reactive ketones (excluding diaryl/α,β-unsaturated/α-hetero) is 1. The second-order valence-corrected chi connectivity index (χ2v) is 15.3. The minimum absolute atomic E-state index is 0.0325. The van der Waals surface area contributed by atoms with Crippen molar-refractivity contribution in [1.82, 2.24) is 9.80 Å². The van der Waals surface area contributed by atoms with Gasteiger partial charge in [-0.2, -0.15) is 0 Å². The van der Waals surface area contributed by atoms with E-state index in [9.17, 15) is 14.7 Å². The molecule has 0 spiro atoms. The molecule has 0 aromatic heterocycles. The summed E-state index contributed by atoms with van der Waals surface area (Å²) in [6.07, 6.45) is 13.7. The summed E-state index contributed by atoms with van der Waals surface area (Å²) in [6, 6.07) is 0.516. The molecule has 1 N–H and O–H groups in total. The molecule has 6 rings (SSSR count). The van der Waals surface area contributed by atoms with Crippen LogP contribution in [0.1, 0.15) is 118 Å². The predicted molar refractivity (Wildman–Crippen MR) is 150 cm³/mol. The highest BCUT2D eigenvalue weighted by molar-refractivity contribution is 5.87. The number of hydrogen-bond donors (Lipinski definition) is 1. The van der Waals surface area contributed by atoms with Gasteiger partial charge in [0.2, 0.25) is 5.91 Å². The van der Waals surface area contributed by atoms with Crippen molar-refractivity contribution in [3.8, 4) is 0 Å². The summed E-state index contributed by atoms with van der Waals surface area (Å²) in [5, 5.41) is 11.3. The number of carbonyl (C=O) groups is 2. The Morgan fingerprint density at radius 1 is 0.895 bits per heavy atom. The van der Waals surface area contributed by atoms with Crippen molar-refractivity contribution in [2.45, 2.75) is 142 Å². The first kappa shape index (κ1) is 27.2. The van der Waals surface area contributed by atoms with E-state index in [0.29, 0.717) is 41.4 Å². The Hall–Kier alpha value is -0.940. The molecule has 1 saturated heterocycles. The number of nitrogens with zero attached hydrogens (tertiary/aromatic N) is 2. The minimum atomic E-state index is -0.249. The Bertz CT molecular complexity index is 947. The summed E-state index contributed by atoms with van der Waals surface area (Å²) < 4.78 is 0. The molecule has 0 radical (unpaired) electrons. The Morgan fingerprint density at radius 2 is 1.63 bits per heavy atom. The van der Waals surface area contributed by atoms with Crippen molar-refractivity contribution in [2.24, 2.45) is 40.4 Å². The van der Waals surface area contributed by atoms with Gasteiger partial charge in [-0.25, -0.2) is 0 Å². The monoisotopic (exact) mass is 526 g/mol. The highest BCUT2D eigenvalue weighted by Gasteiger charge is 2.68. The fourth-order valence-electron chi connectivity index (χ4n) is 11.7. The molecule has 10 atom stereocenters. The average molecular weight is 527 g/mol. The Balaban J connectivity index is 1.31. The Morgan fingerprint density at radius 3 is 2.37 bits per heavy atom. The molecule has 6 fully saturated rings. The van der Waals surface area contributed by atoms with Crippen LogP contribution in [-0.4, -0.2) is 63.4 Å². The highest BCUT2D eigenvalue weighted by atomic mass is 16.3. The lowest BCUT2D eigenvalue weighted by molar-refractivity contribution is -0.227. The molecular formula is C33H54N2O3. The van der Waals surface area contributed by atoms with Crippen molar-refractivity contribution < 1.29 is 14.7 Å². The third-order valence-electron chi connectivity index (χ3n) is 13.8. The normalized spacial score (nSPS) is 50.3. The first-order chi connectivity index (χ1) is 18.0. The summed E-state index contributed by atoms with van der Waals surface area (Å²) in [5.41, 5.74) is -0.0112. The number of fused-ring (bicyclic) bond motifs is 5. The average Bonchev–Trinajstić information content (AvgIpc) is 3.20. The summed E-state index contributed by atoms with van der Waals surface area (Å²) in [5.74, 6) is 3.41. The van der Waals surface area contributed by atoms with Gasteiger partial charge in [-0.1, -0.05) is 40.0 Å². The Kier molecular flexibility index (Phi) is 6.86. The lowest BCUT2D eigenvalue weighted by Gasteiger charge is -2.71. The van der Waals surface area contributed by atoms with Gasteiger partial charge in [-0.3, -0.25) is 14.5 Å². The quantitative estimate of drug-likeness (QED) is 0.492. The largest absolute Gasteiger partial charge is 0.393 e. The van der Waals surface area contributed by atoms with Crippen LogP contribution in [0.15, 0.2) is 0 Å². The van der Waals surface area contributed by atoms with E-state index in [2.05, 4.69) is 44.4 Å². The van der Waals surface area contributed by atoms with Gasteiger partial charge in [0, 0.05) is 48.5 Å². The van der Waals surface area contributed by atoms with Crippen molar-refractivity contribution in [2.75, 3.05) is 13.1 Å². The fourth-order valence-corrected chi connectivity index (χ4v) is 11.7. The van der Waals surface area contributed by atoms with Gasteiger partial charge in [0.15, 0.2) is 0 Å². The van der Waals surface area contributed by atoms with E-state index in [1.165, 1.54) is 25.7 Å². The van der Waals surface area contributed by atoms with Gasteiger partial charge in [0.1, 0.15) is 5.78 Å². The number of rotatable bonds is 2. The minimum Gasteiger partial charge on any atom is -0.393 e. The number of piperazine rings is 1. The van der Waals surface area contributed by atoms with Gasteiger partial charge in [0.05, 0.1) is 6.10 Å². The van der Waals surface area contributed by atoms with E-state index < -0.39 is 0 Å². The van der Waals surface area contributed by atoms with E-state index in [1.807, 2.05) is 0 Å². The van der Waals surface area contributed by atoms with E-state index in [0.717, 1.165) is 70.9 Å². The summed E-state index contributed by atoms with van der Waals surface area (Å²) in [6.45, 7) is 13.7. The lowest BCUT2D eigenvalue weighted by Crippen LogP contribution is -2.76. The Labute approximate surface area is 231 Å². The summed E-state index contributed by atoms with van der Waals surface area (Å²) in [4.78, 5) is 31.7. The van der Waals surface area contributed by atoms with Crippen LogP contribution < -0.4 is 0 Å². The molecule has 0 aromatic rings. The first-order valence-electron chi connectivity index (χ1n) is 16.3. The first-order valence-corrected chi connectivity index (χ1v) is 16.3. The molecule has 214 valence electrons. The van der Waals surface area contributed by atoms with Gasteiger partial charge in [-0.15, -0.1) is 0 Å². The van der Waals surface area contributed by atoms with Crippen molar-refractivity contribution >= 4 is 11.7 Å². The second kappa shape index (κ2) is 9.57. The van der Waals surface area contributed by atoms with Crippen LogP contribution in [0.3, 0.4) is 0 Å². The highest BCUT2D eigenvalue weighted by Crippen LogP contribution is 2.69. The van der Waals surface area contributed by atoms with E-state index in [1.54, 1.807) is 0 Å². The van der Waals surface area contributed by atoms with E-state index in [-0.39, 0.29) is 34.4 Å². The summed E-state index contributed by atoms with van der Waals surface area (Å²) in [7, 11) is 0. The van der Waals surface area contributed by atoms with E-state index >= 15 is 0 Å². The third-order valence-corrected chi connectivity index (χ3v) is 13.8. The maximum absolute atomic E-state index is 13.6. The molecular weight excluding hydrogens is 472 g/mol. The van der Waals surface area contributed by atoms with Gasteiger partial charge < -0.3 is 10.0 Å². The fraction of sp³-hybridized carbons (Fsp3) is 0.939. The lowest BCUT2D eigenvalue weighted by atomic mass is 9.40. The number of amides is 1. The molecule has 5 heteroatoms. The number of hydrogen-bond acceptors (Lipinski definition) is 4. The molecule has 38 heavy (non-hydrogen) atoms. The zero-order valence-electron chi connectivity index (χ0n) is 24.9. The molecule has 5 nitrogen and oxygen atoms in total. The molecule has 6 aliphatic rings. The molecule has 5 saturated carbocycles. The van der Waals surface area contributed by atoms with Crippen LogP contribution in [0, 0.1) is 40.4 Å². The number of aliphatic hydroxyl groups is 1. The SMILES string of the molecule is CC1CN(C23CC[C@H]4[C@@H]5CCC(=O)[C@@]5(C)CC[C@@H]4[C@@]2(C)C(C)CC(O)C3)C(C)CN1C(=O)C1CCCCC1. The van der Waals surface area contributed by atoms with Gasteiger partial charge in [-0.05, 0) is 101 Å². The van der Waals surface area contributed by atoms with Gasteiger partial charge >= 0.3 is 0 Å². The molecule has 0 bridgehead atoms. The topological polar surface area (TPSA) is 60.9 Å². The molecule has 5 unspecified atom stereocenters. The van der Waals surface area contributed by atoms with Crippen LogP contribution in [0.2, 0.25) is 0 Å². The smallest absolute Gasteiger partial charge is 0.226 e. The molecule has 1 aliphatic heterocycles. The molecule has 5 aliphatic carbocycles. The third kappa shape index (κ3) is 3.76. The van der Waals surface area contributed by atoms with Gasteiger partial charge in [0.25, 0.3) is 0 Å². The zero-order chi connectivity index (χ0) is 27.0. The number of carbonyl (C=O) groups excluding carboxylic acids is 2. The van der Waals surface area contributed by atoms with Crippen LogP contribution in [0.5, 0.6) is 0 Å². The molecule has 0 aromatic carbocycles. The maximum atomic E-state index is 13.6. The van der Waals surface area contributed by atoms with Crippen LogP contribution in [0.25, 0.3) is 0 Å². The van der Waals surface area contributed by atoms with Crippen LogP contribution >= 0.6 is 0 Å². The van der Waals surface area contributed by atoms with Crippen LogP contribution in [0.4, 0.5) is 0 Å². The predicted octanol–water partition coefficient (Wildman–Crippen LogP) is 5.83. The maximum Gasteiger partial charge on any atom is 0.226 e. The van der Waals surface area contributed by atoms with Crippen molar-refractivity contribution in [3.05, 3.63) is 0 Å². The summed E-state index contributed by atoms with van der Waals surface area (Å²) >= 11 is 0. The standard InChI is InChI=1S/C33H54N2O3/c1-21-17-25(36)18-33(35-20-22(2)34(19-23(35)3)30(38)24-9-7-6-8-10-24)16-13-26-27-11-12-29(37)31(27,4)15-14-28(26)32(21,33)5/h21-28,36H,6-20H2,1-5H3/t21?,22?,23?,25?,26-,27-,28-,31-,32+,33?/m0/s1. The van der Waals surface area contributed by atoms with Crippen molar-refractivity contribution in [3.63, 3.8) is 0 Å². The zero-order valence-corrected chi connectivity index (χ0v) is 24.9. The second-order valence-electron chi connectivity index (χ2n) is 15.3.